The van der Waals surface area contributed by atoms with Gasteiger partial charge in [-0.25, -0.2) is 4.39 Å². The number of hydrogen-bond acceptors (Lipinski definition) is 1. The Labute approximate surface area is 121 Å². The minimum absolute atomic E-state index is 0.151. The molecule has 0 aliphatic rings. The second-order valence-corrected chi connectivity index (χ2v) is 4.80. The summed E-state index contributed by atoms with van der Waals surface area (Å²) in [6.07, 6.45) is 3.80. The standard InChI is InChI=1S/C17H13FN2O/c18-15-5-7-16(8-6-15)19-17(21)12-20-10-9-13-3-1-2-4-14(13)11-20/h1-11H,12H2/p+1. The third kappa shape index (κ3) is 3.23. The number of nitrogens with zero attached hydrogens (tertiary/aromatic N) is 1. The first kappa shape index (κ1) is 13.2. The van der Waals surface area contributed by atoms with Crippen molar-refractivity contribution >= 4 is 22.4 Å². The van der Waals surface area contributed by atoms with Crippen LogP contribution in [0.25, 0.3) is 10.8 Å². The lowest BCUT2D eigenvalue weighted by Crippen LogP contribution is -2.39. The predicted octanol–water partition coefficient (Wildman–Crippen LogP) is 2.91. The van der Waals surface area contributed by atoms with Gasteiger partial charge >= 0.3 is 0 Å². The number of amides is 1. The number of carbonyl (C=O) groups excluding carboxylic acids is 1. The van der Waals surface area contributed by atoms with Crippen LogP contribution in [0.2, 0.25) is 0 Å². The summed E-state index contributed by atoms with van der Waals surface area (Å²) in [5, 5.41) is 4.95. The van der Waals surface area contributed by atoms with E-state index < -0.39 is 0 Å². The molecule has 0 fully saturated rings. The highest BCUT2D eigenvalue weighted by molar-refractivity contribution is 5.89. The molecule has 0 saturated heterocycles. The van der Waals surface area contributed by atoms with Crippen LogP contribution < -0.4 is 9.88 Å². The van der Waals surface area contributed by atoms with E-state index >= 15 is 0 Å². The van der Waals surface area contributed by atoms with Crippen LogP contribution in [-0.2, 0) is 11.3 Å². The lowest BCUT2D eigenvalue weighted by atomic mass is 10.2. The van der Waals surface area contributed by atoms with Gasteiger partial charge in [-0.3, -0.25) is 4.79 Å². The number of halogens is 1. The Hall–Kier alpha value is -2.75. The zero-order chi connectivity index (χ0) is 14.7. The third-order valence-corrected chi connectivity index (χ3v) is 3.20. The Morgan fingerprint density at radius 2 is 1.71 bits per heavy atom. The summed E-state index contributed by atoms with van der Waals surface area (Å²) < 4.78 is 14.6. The largest absolute Gasteiger partial charge is 0.321 e. The zero-order valence-corrected chi connectivity index (χ0v) is 11.3. The highest BCUT2D eigenvalue weighted by Gasteiger charge is 2.10. The Morgan fingerprint density at radius 3 is 2.48 bits per heavy atom. The fraction of sp³-hybridized carbons (Fsp3) is 0.0588. The molecular formula is C17H14FN2O+. The van der Waals surface area contributed by atoms with Gasteiger partial charge in [0.25, 0.3) is 5.91 Å². The van der Waals surface area contributed by atoms with E-state index in [9.17, 15) is 9.18 Å². The fourth-order valence-corrected chi connectivity index (χ4v) is 2.18. The van der Waals surface area contributed by atoms with E-state index in [1.165, 1.54) is 24.3 Å². The number of fused-ring (bicyclic) bond motifs is 1. The molecule has 3 rings (SSSR count). The van der Waals surface area contributed by atoms with Gasteiger partial charge < -0.3 is 5.32 Å². The lowest BCUT2D eigenvalue weighted by Gasteiger charge is -2.03. The van der Waals surface area contributed by atoms with Gasteiger partial charge in [-0.05, 0) is 35.7 Å². The molecule has 0 radical (unpaired) electrons. The van der Waals surface area contributed by atoms with Crippen molar-refractivity contribution < 1.29 is 13.8 Å². The molecule has 4 heteroatoms. The van der Waals surface area contributed by atoms with E-state index in [1.807, 2.05) is 47.3 Å². The topological polar surface area (TPSA) is 33.0 Å². The van der Waals surface area contributed by atoms with Gasteiger partial charge in [-0.15, -0.1) is 0 Å². The minimum atomic E-state index is -0.322. The number of nitrogens with one attached hydrogen (secondary N) is 1. The molecular weight excluding hydrogens is 267 g/mol. The fourth-order valence-electron chi connectivity index (χ4n) is 2.18. The molecule has 1 N–H and O–H groups in total. The van der Waals surface area contributed by atoms with Crippen molar-refractivity contribution in [1.82, 2.24) is 0 Å². The average molecular weight is 281 g/mol. The van der Waals surface area contributed by atoms with Crippen LogP contribution >= 0.6 is 0 Å². The highest BCUT2D eigenvalue weighted by Crippen LogP contribution is 2.10. The SMILES string of the molecule is O=C(C[n+]1ccc2ccccc2c1)Nc1ccc(F)cc1. The summed E-state index contributed by atoms with van der Waals surface area (Å²) in [6.45, 7) is 0.211. The van der Waals surface area contributed by atoms with Crippen molar-refractivity contribution in [1.29, 1.82) is 0 Å². The summed E-state index contributed by atoms with van der Waals surface area (Å²) in [6, 6.07) is 15.7. The molecule has 21 heavy (non-hydrogen) atoms. The van der Waals surface area contributed by atoms with Crippen molar-refractivity contribution in [2.45, 2.75) is 6.54 Å². The zero-order valence-electron chi connectivity index (χ0n) is 11.3. The van der Waals surface area contributed by atoms with Crippen LogP contribution in [0, 0.1) is 5.82 Å². The number of carbonyl (C=O) groups is 1. The van der Waals surface area contributed by atoms with Crippen molar-refractivity contribution in [2.24, 2.45) is 0 Å². The van der Waals surface area contributed by atoms with Crippen LogP contribution in [0.4, 0.5) is 10.1 Å². The van der Waals surface area contributed by atoms with E-state index in [2.05, 4.69) is 5.32 Å². The second-order valence-electron chi connectivity index (χ2n) is 4.80. The Balaban J connectivity index is 1.72. The van der Waals surface area contributed by atoms with E-state index in [-0.39, 0.29) is 18.3 Å². The number of anilines is 1. The molecule has 0 spiro atoms. The number of rotatable bonds is 3. The lowest BCUT2D eigenvalue weighted by molar-refractivity contribution is -0.682. The normalized spacial score (nSPS) is 10.5. The molecule has 0 saturated carbocycles. The molecule has 1 aromatic heterocycles. The van der Waals surface area contributed by atoms with Crippen molar-refractivity contribution in [2.75, 3.05) is 5.32 Å². The summed E-state index contributed by atoms with van der Waals surface area (Å²) in [5.41, 5.74) is 0.586. The first-order valence-corrected chi connectivity index (χ1v) is 6.64. The van der Waals surface area contributed by atoms with Crippen LogP contribution in [-0.4, -0.2) is 5.91 Å². The molecule has 0 unspecified atom stereocenters. The quantitative estimate of drug-likeness (QED) is 0.736. The monoisotopic (exact) mass is 281 g/mol. The molecule has 0 aliphatic heterocycles. The van der Waals surface area contributed by atoms with E-state index in [0.717, 1.165) is 10.8 Å². The molecule has 3 nitrogen and oxygen atoms in total. The molecule has 1 heterocycles. The predicted molar refractivity (Wildman–Crippen MR) is 79.2 cm³/mol. The summed E-state index contributed by atoms with van der Waals surface area (Å²) in [7, 11) is 0. The maximum atomic E-state index is 12.8. The van der Waals surface area contributed by atoms with Gasteiger partial charge in [0.1, 0.15) is 5.82 Å². The Morgan fingerprint density at radius 1 is 1.00 bits per heavy atom. The van der Waals surface area contributed by atoms with Gasteiger partial charge in [0.2, 0.25) is 6.54 Å². The third-order valence-electron chi connectivity index (χ3n) is 3.20. The molecule has 104 valence electrons. The summed E-state index contributed by atoms with van der Waals surface area (Å²) in [5.74, 6) is -0.473. The van der Waals surface area contributed by atoms with Gasteiger partial charge in [0.05, 0.1) is 0 Å². The average Bonchev–Trinajstić information content (AvgIpc) is 2.49. The Bertz CT molecular complexity index is 784. The van der Waals surface area contributed by atoms with Crippen LogP contribution in [0.1, 0.15) is 0 Å². The minimum Gasteiger partial charge on any atom is -0.321 e. The summed E-state index contributed by atoms with van der Waals surface area (Å²) >= 11 is 0. The van der Waals surface area contributed by atoms with Crippen LogP contribution in [0.3, 0.4) is 0 Å². The first-order chi connectivity index (χ1) is 10.2. The molecule has 1 amide bonds. The van der Waals surface area contributed by atoms with Gasteiger partial charge in [0, 0.05) is 17.1 Å². The highest BCUT2D eigenvalue weighted by atomic mass is 19.1. The van der Waals surface area contributed by atoms with E-state index in [0.29, 0.717) is 5.69 Å². The van der Waals surface area contributed by atoms with Crippen molar-refractivity contribution in [3.63, 3.8) is 0 Å². The Kier molecular flexibility index (Phi) is 3.60. The van der Waals surface area contributed by atoms with E-state index in [4.69, 9.17) is 0 Å². The summed E-state index contributed by atoms with van der Waals surface area (Å²) in [4.78, 5) is 12.0. The number of pyridine rings is 1. The number of aromatic nitrogens is 1. The molecule has 0 aliphatic carbocycles. The maximum absolute atomic E-state index is 12.8. The first-order valence-electron chi connectivity index (χ1n) is 6.64. The van der Waals surface area contributed by atoms with Gasteiger partial charge in [-0.2, -0.15) is 4.57 Å². The molecule has 2 aromatic carbocycles. The smallest absolute Gasteiger partial charge is 0.290 e. The van der Waals surface area contributed by atoms with Crippen molar-refractivity contribution in [3.8, 4) is 0 Å². The van der Waals surface area contributed by atoms with Gasteiger partial charge in [-0.1, -0.05) is 18.2 Å². The number of benzene rings is 2. The van der Waals surface area contributed by atoms with E-state index in [1.54, 1.807) is 0 Å². The molecule has 0 bridgehead atoms. The second kappa shape index (κ2) is 5.71. The van der Waals surface area contributed by atoms with Crippen LogP contribution in [0.15, 0.2) is 67.0 Å². The maximum Gasteiger partial charge on any atom is 0.290 e. The molecule has 3 aromatic rings. The number of hydrogen-bond donors (Lipinski definition) is 1. The van der Waals surface area contributed by atoms with Crippen molar-refractivity contribution in [3.05, 3.63) is 72.8 Å². The molecule has 0 atom stereocenters. The van der Waals surface area contributed by atoms with Crippen LogP contribution in [0.5, 0.6) is 0 Å². The van der Waals surface area contributed by atoms with Gasteiger partial charge in [0.15, 0.2) is 12.4 Å².